The predicted octanol–water partition coefficient (Wildman–Crippen LogP) is 0.139. The van der Waals surface area contributed by atoms with E-state index < -0.39 is 17.8 Å². The Kier molecular flexibility index (Phi) is 3.95. The number of primary amides is 1. The minimum Gasteiger partial charge on any atom is -0.480 e. The van der Waals surface area contributed by atoms with Crippen LogP contribution in [0.25, 0.3) is 0 Å². The molecule has 0 heterocycles. The Hall–Kier alpha value is -1.32. The second-order valence-corrected chi connectivity index (χ2v) is 2.05. The van der Waals surface area contributed by atoms with Crippen molar-refractivity contribution in [3.8, 4) is 0 Å². The van der Waals surface area contributed by atoms with Gasteiger partial charge in [-0.25, -0.2) is 0 Å². The summed E-state index contributed by atoms with van der Waals surface area (Å²) in [5, 5.41) is 8.42. The first-order chi connectivity index (χ1) is 5.09. The van der Waals surface area contributed by atoms with E-state index in [9.17, 15) is 9.59 Å². The van der Waals surface area contributed by atoms with Crippen LogP contribution >= 0.6 is 0 Å². The van der Waals surface area contributed by atoms with Crippen LogP contribution in [0.2, 0.25) is 0 Å². The average molecular weight is 157 g/mol. The van der Waals surface area contributed by atoms with Gasteiger partial charge in [0.15, 0.2) is 5.92 Å². The second-order valence-electron chi connectivity index (χ2n) is 2.05. The van der Waals surface area contributed by atoms with E-state index in [4.69, 9.17) is 10.8 Å². The molecule has 62 valence electrons. The van der Waals surface area contributed by atoms with Crippen molar-refractivity contribution in [2.45, 2.75) is 13.3 Å². The van der Waals surface area contributed by atoms with Crippen molar-refractivity contribution in [2.75, 3.05) is 0 Å². The van der Waals surface area contributed by atoms with Gasteiger partial charge in [-0.15, -0.1) is 0 Å². The largest absolute Gasteiger partial charge is 0.480 e. The van der Waals surface area contributed by atoms with Crippen molar-refractivity contribution < 1.29 is 14.7 Å². The predicted molar refractivity (Wildman–Crippen MR) is 39.8 cm³/mol. The van der Waals surface area contributed by atoms with Gasteiger partial charge < -0.3 is 10.8 Å². The van der Waals surface area contributed by atoms with Gasteiger partial charge in [-0.1, -0.05) is 19.1 Å². The van der Waals surface area contributed by atoms with Crippen LogP contribution in [-0.2, 0) is 9.59 Å². The molecule has 1 unspecified atom stereocenters. The van der Waals surface area contributed by atoms with Crippen molar-refractivity contribution in [3.05, 3.63) is 12.2 Å². The fraction of sp³-hybridized carbons (Fsp3) is 0.429. The van der Waals surface area contributed by atoms with Crippen molar-refractivity contribution >= 4 is 11.9 Å². The van der Waals surface area contributed by atoms with Gasteiger partial charge in [0.25, 0.3) is 0 Å². The quantitative estimate of drug-likeness (QED) is 0.450. The van der Waals surface area contributed by atoms with Crippen LogP contribution in [0.1, 0.15) is 13.3 Å². The Morgan fingerprint density at radius 2 is 2.18 bits per heavy atom. The zero-order valence-corrected chi connectivity index (χ0v) is 6.28. The summed E-state index contributed by atoms with van der Waals surface area (Å²) in [6, 6.07) is 0. The molecular formula is C7H11NO3. The number of aliphatic carboxylic acids is 1. The number of hydrogen-bond acceptors (Lipinski definition) is 2. The van der Waals surface area contributed by atoms with Gasteiger partial charge in [0.05, 0.1) is 0 Å². The summed E-state index contributed by atoms with van der Waals surface area (Å²) in [6.45, 7) is 1.84. The summed E-state index contributed by atoms with van der Waals surface area (Å²) in [6.07, 6.45) is 3.59. The minimum absolute atomic E-state index is 0.692. The summed E-state index contributed by atoms with van der Waals surface area (Å²) < 4.78 is 0. The Morgan fingerprint density at radius 1 is 1.64 bits per heavy atom. The highest BCUT2D eigenvalue weighted by Gasteiger charge is 2.19. The highest BCUT2D eigenvalue weighted by Crippen LogP contribution is 1.98. The third kappa shape index (κ3) is 3.40. The molecule has 4 nitrogen and oxygen atoms in total. The lowest BCUT2D eigenvalue weighted by molar-refractivity contribution is -0.143. The molecule has 1 amide bonds. The van der Waals surface area contributed by atoms with Gasteiger partial charge in [-0.2, -0.15) is 0 Å². The molecule has 0 aliphatic heterocycles. The van der Waals surface area contributed by atoms with Crippen molar-refractivity contribution in [1.29, 1.82) is 0 Å². The molecule has 0 fully saturated rings. The first kappa shape index (κ1) is 9.68. The van der Waals surface area contributed by atoms with Crippen LogP contribution in [0.5, 0.6) is 0 Å². The molecule has 11 heavy (non-hydrogen) atoms. The van der Waals surface area contributed by atoms with Gasteiger partial charge in [0.1, 0.15) is 0 Å². The normalized spacial score (nSPS) is 13.2. The van der Waals surface area contributed by atoms with Crippen LogP contribution in [0, 0.1) is 5.92 Å². The first-order valence-corrected chi connectivity index (χ1v) is 3.28. The van der Waals surface area contributed by atoms with E-state index in [0.29, 0.717) is 6.42 Å². The lowest BCUT2D eigenvalue weighted by atomic mass is 10.1. The molecule has 0 aliphatic rings. The standard InChI is InChI=1S/C7H11NO3/c1-2-3-4-5(6(8)9)7(10)11/h3-5H,2H2,1H3,(H2,8,9)(H,10,11). The van der Waals surface area contributed by atoms with E-state index >= 15 is 0 Å². The molecule has 0 aliphatic carbocycles. The lowest BCUT2D eigenvalue weighted by Gasteiger charge is -1.99. The van der Waals surface area contributed by atoms with Crippen LogP contribution in [0.3, 0.4) is 0 Å². The van der Waals surface area contributed by atoms with Crippen molar-refractivity contribution in [3.63, 3.8) is 0 Å². The van der Waals surface area contributed by atoms with Gasteiger partial charge in [0.2, 0.25) is 5.91 Å². The van der Waals surface area contributed by atoms with Crippen molar-refractivity contribution in [2.24, 2.45) is 11.7 Å². The number of carbonyl (C=O) groups excluding carboxylic acids is 1. The number of hydrogen-bond donors (Lipinski definition) is 2. The van der Waals surface area contributed by atoms with E-state index in [-0.39, 0.29) is 0 Å². The van der Waals surface area contributed by atoms with Crippen LogP contribution < -0.4 is 5.73 Å². The second kappa shape index (κ2) is 4.49. The highest BCUT2D eigenvalue weighted by atomic mass is 16.4. The number of carboxylic acids is 1. The highest BCUT2D eigenvalue weighted by molar-refractivity contribution is 5.97. The molecule has 1 atom stereocenters. The number of rotatable bonds is 4. The number of allylic oxidation sites excluding steroid dienone is 1. The zero-order chi connectivity index (χ0) is 8.85. The summed E-state index contributed by atoms with van der Waals surface area (Å²) in [4.78, 5) is 20.7. The first-order valence-electron chi connectivity index (χ1n) is 3.28. The zero-order valence-electron chi connectivity index (χ0n) is 6.28. The molecule has 0 aromatic rings. The molecule has 0 aromatic heterocycles. The Balaban J connectivity index is 4.23. The number of carbonyl (C=O) groups is 2. The minimum atomic E-state index is -1.21. The summed E-state index contributed by atoms with van der Waals surface area (Å²) >= 11 is 0. The van der Waals surface area contributed by atoms with E-state index in [2.05, 4.69) is 0 Å². The smallest absolute Gasteiger partial charge is 0.319 e. The third-order valence-corrected chi connectivity index (χ3v) is 1.14. The van der Waals surface area contributed by atoms with E-state index in [1.54, 1.807) is 6.08 Å². The lowest BCUT2D eigenvalue weighted by Crippen LogP contribution is -2.28. The third-order valence-electron chi connectivity index (χ3n) is 1.14. The molecular weight excluding hydrogens is 146 g/mol. The topological polar surface area (TPSA) is 80.4 Å². The molecule has 0 rings (SSSR count). The molecule has 0 saturated carbocycles. The van der Waals surface area contributed by atoms with Crippen LogP contribution in [0.4, 0.5) is 0 Å². The summed E-state index contributed by atoms with van der Waals surface area (Å²) in [5.74, 6) is -3.22. The Morgan fingerprint density at radius 3 is 2.45 bits per heavy atom. The molecule has 0 saturated heterocycles. The monoisotopic (exact) mass is 157 g/mol. The van der Waals surface area contributed by atoms with Crippen LogP contribution in [-0.4, -0.2) is 17.0 Å². The Bertz CT molecular complexity index is 172. The van der Waals surface area contributed by atoms with E-state index in [0.717, 1.165) is 0 Å². The molecule has 0 aromatic carbocycles. The molecule has 0 radical (unpaired) electrons. The SMILES string of the molecule is CCC=CC(C(N)=O)C(=O)O. The fourth-order valence-corrected chi connectivity index (χ4v) is 0.571. The maximum atomic E-state index is 10.4. The molecule has 0 spiro atoms. The van der Waals surface area contributed by atoms with Crippen molar-refractivity contribution in [1.82, 2.24) is 0 Å². The van der Waals surface area contributed by atoms with Gasteiger partial charge in [-0.05, 0) is 6.42 Å². The van der Waals surface area contributed by atoms with Gasteiger partial charge >= 0.3 is 5.97 Å². The number of carboxylic acid groups (broad SMARTS) is 1. The van der Waals surface area contributed by atoms with E-state index in [1.165, 1.54) is 6.08 Å². The van der Waals surface area contributed by atoms with Crippen LogP contribution in [0.15, 0.2) is 12.2 Å². The molecule has 0 bridgehead atoms. The summed E-state index contributed by atoms with van der Waals surface area (Å²) in [7, 11) is 0. The van der Waals surface area contributed by atoms with Gasteiger partial charge in [-0.3, -0.25) is 9.59 Å². The van der Waals surface area contributed by atoms with Gasteiger partial charge in [0, 0.05) is 0 Å². The number of amides is 1. The molecule has 4 heteroatoms. The van der Waals surface area contributed by atoms with E-state index in [1.807, 2.05) is 6.92 Å². The Labute approximate surface area is 64.7 Å². The summed E-state index contributed by atoms with van der Waals surface area (Å²) in [5.41, 5.74) is 4.81. The average Bonchev–Trinajstić information content (AvgIpc) is 1.87. The maximum Gasteiger partial charge on any atom is 0.319 e. The number of nitrogens with two attached hydrogens (primary N) is 1. The maximum absolute atomic E-state index is 10.4. The fourth-order valence-electron chi connectivity index (χ4n) is 0.571. The molecule has 3 N–H and O–H groups in total.